The van der Waals surface area contributed by atoms with Crippen LogP contribution in [0.4, 0.5) is 14.5 Å². The molecule has 8 heteroatoms. The molecular weight excluding hydrogens is 380 g/mol. The number of anilines is 1. The zero-order chi connectivity index (χ0) is 20.5. The molecule has 150 valence electrons. The van der Waals surface area contributed by atoms with Crippen LogP contribution in [-0.4, -0.2) is 59.7 Å². The number of piperazine rings is 1. The van der Waals surface area contributed by atoms with Gasteiger partial charge in [0.05, 0.1) is 23.7 Å². The molecule has 0 N–H and O–H groups in total. The summed E-state index contributed by atoms with van der Waals surface area (Å²) in [4.78, 5) is 42.3. The van der Waals surface area contributed by atoms with Gasteiger partial charge in [-0.1, -0.05) is 12.1 Å². The number of benzene rings is 2. The van der Waals surface area contributed by atoms with Crippen LogP contribution in [-0.2, 0) is 9.59 Å². The zero-order valence-corrected chi connectivity index (χ0v) is 15.6. The number of nitrogens with zero attached hydrogens (tertiary/aromatic N) is 3. The highest BCUT2D eigenvalue weighted by molar-refractivity contribution is 6.22. The first kappa shape index (κ1) is 19.2. The maximum Gasteiger partial charge on any atom is 0.256 e. The second-order valence-corrected chi connectivity index (χ2v) is 7.07. The van der Waals surface area contributed by atoms with Crippen molar-refractivity contribution in [2.45, 2.75) is 12.5 Å². The van der Waals surface area contributed by atoms with Gasteiger partial charge in [0.2, 0.25) is 5.91 Å². The quantitative estimate of drug-likeness (QED) is 0.742. The number of carbonyl (C=O) groups excluding carboxylic acids is 3. The molecule has 0 spiro atoms. The molecule has 0 radical (unpaired) electrons. The van der Waals surface area contributed by atoms with Gasteiger partial charge in [-0.3, -0.25) is 19.3 Å². The third kappa shape index (κ3) is 3.63. The van der Waals surface area contributed by atoms with Gasteiger partial charge in [-0.15, -0.1) is 0 Å². The van der Waals surface area contributed by atoms with Crippen molar-refractivity contribution in [2.24, 2.45) is 0 Å². The van der Waals surface area contributed by atoms with Crippen LogP contribution in [0.1, 0.15) is 16.8 Å². The summed E-state index contributed by atoms with van der Waals surface area (Å²) < 4.78 is 27.0. The lowest BCUT2D eigenvalue weighted by atomic mass is 10.1. The first-order chi connectivity index (χ1) is 14.0. The van der Waals surface area contributed by atoms with Crippen LogP contribution >= 0.6 is 0 Å². The highest BCUT2D eigenvalue weighted by Crippen LogP contribution is 2.26. The van der Waals surface area contributed by atoms with E-state index in [1.807, 2.05) is 4.90 Å². The highest BCUT2D eigenvalue weighted by atomic mass is 19.1. The van der Waals surface area contributed by atoms with Crippen molar-refractivity contribution in [3.8, 4) is 0 Å². The molecule has 3 amide bonds. The fourth-order valence-corrected chi connectivity index (χ4v) is 3.80. The second kappa shape index (κ2) is 7.71. The van der Waals surface area contributed by atoms with Crippen LogP contribution < -0.4 is 4.90 Å². The standard InChI is InChI=1S/C21H19F2N3O3/c22-14-5-7-15(8-6-14)26-19(27)13-18(21(26)29)24-9-11-25(12-10-24)20(28)16-3-1-2-4-17(16)23/h1-8,18H,9-13H2/t18-/m1/s1. The number of amides is 3. The van der Waals surface area contributed by atoms with E-state index < -0.39 is 17.7 Å². The Morgan fingerprint density at radius 3 is 2.21 bits per heavy atom. The predicted molar refractivity (Wildman–Crippen MR) is 101 cm³/mol. The Bertz CT molecular complexity index is 956. The molecule has 0 unspecified atom stereocenters. The number of rotatable bonds is 3. The molecule has 2 aliphatic heterocycles. The van der Waals surface area contributed by atoms with Gasteiger partial charge in [0.1, 0.15) is 11.6 Å². The molecule has 2 fully saturated rings. The van der Waals surface area contributed by atoms with Crippen LogP contribution in [0.3, 0.4) is 0 Å². The topological polar surface area (TPSA) is 60.9 Å². The van der Waals surface area contributed by atoms with Gasteiger partial charge in [-0.25, -0.2) is 13.7 Å². The highest BCUT2D eigenvalue weighted by Gasteiger charge is 2.43. The van der Waals surface area contributed by atoms with Crippen LogP contribution in [0, 0.1) is 11.6 Å². The Morgan fingerprint density at radius 1 is 0.897 bits per heavy atom. The predicted octanol–water partition coefficient (Wildman–Crippen LogP) is 2.05. The molecule has 2 heterocycles. The summed E-state index contributed by atoms with van der Waals surface area (Å²) in [7, 11) is 0. The van der Waals surface area contributed by atoms with E-state index in [0.717, 1.165) is 4.90 Å². The average molecular weight is 399 g/mol. The van der Waals surface area contributed by atoms with E-state index in [-0.39, 0.29) is 29.7 Å². The van der Waals surface area contributed by atoms with Crippen LogP contribution in [0.25, 0.3) is 0 Å². The molecule has 0 saturated carbocycles. The largest absolute Gasteiger partial charge is 0.336 e. The lowest BCUT2D eigenvalue weighted by Crippen LogP contribution is -2.54. The van der Waals surface area contributed by atoms with Gasteiger partial charge >= 0.3 is 0 Å². The van der Waals surface area contributed by atoms with Crippen molar-refractivity contribution in [3.63, 3.8) is 0 Å². The number of imide groups is 1. The monoisotopic (exact) mass is 399 g/mol. The smallest absolute Gasteiger partial charge is 0.256 e. The number of halogens is 2. The Hall–Kier alpha value is -3.13. The summed E-state index contributed by atoms with van der Waals surface area (Å²) in [6.07, 6.45) is 0.0392. The second-order valence-electron chi connectivity index (χ2n) is 7.07. The number of hydrogen-bond acceptors (Lipinski definition) is 4. The van der Waals surface area contributed by atoms with Crippen LogP contribution in [0.15, 0.2) is 48.5 Å². The molecule has 2 saturated heterocycles. The average Bonchev–Trinajstić information content (AvgIpc) is 3.03. The lowest BCUT2D eigenvalue weighted by Gasteiger charge is -2.37. The summed E-state index contributed by atoms with van der Waals surface area (Å²) >= 11 is 0. The lowest BCUT2D eigenvalue weighted by molar-refractivity contribution is -0.123. The fourth-order valence-electron chi connectivity index (χ4n) is 3.80. The van der Waals surface area contributed by atoms with Crippen molar-refractivity contribution in [1.82, 2.24) is 9.80 Å². The summed E-state index contributed by atoms with van der Waals surface area (Å²) in [5.41, 5.74) is 0.368. The van der Waals surface area contributed by atoms with Gasteiger partial charge in [-0.2, -0.15) is 0 Å². The van der Waals surface area contributed by atoms with Crippen molar-refractivity contribution >= 4 is 23.4 Å². The minimum absolute atomic E-state index is 0.0237. The molecule has 2 aliphatic rings. The van der Waals surface area contributed by atoms with E-state index in [1.54, 1.807) is 11.0 Å². The third-order valence-corrected chi connectivity index (χ3v) is 5.35. The molecule has 6 nitrogen and oxygen atoms in total. The Balaban J connectivity index is 1.42. The molecule has 0 bridgehead atoms. The molecule has 1 atom stereocenters. The van der Waals surface area contributed by atoms with Crippen molar-refractivity contribution < 1.29 is 23.2 Å². The van der Waals surface area contributed by atoms with Crippen molar-refractivity contribution in [3.05, 3.63) is 65.7 Å². The minimum Gasteiger partial charge on any atom is -0.336 e. The van der Waals surface area contributed by atoms with Crippen molar-refractivity contribution in [2.75, 3.05) is 31.1 Å². The Kier molecular flexibility index (Phi) is 5.10. The molecule has 2 aromatic rings. The van der Waals surface area contributed by atoms with E-state index in [2.05, 4.69) is 0 Å². The molecule has 2 aromatic carbocycles. The zero-order valence-electron chi connectivity index (χ0n) is 15.6. The van der Waals surface area contributed by atoms with E-state index in [0.29, 0.717) is 31.9 Å². The minimum atomic E-state index is -0.613. The number of hydrogen-bond donors (Lipinski definition) is 0. The van der Waals surface area contributed by atoms with Gasteiger partial charge < -0.3 is 4.90 Å². The summed E-state index contributed by atoms with van der Waals surface area (Å²) in [5, 5.41) is 0. The van der Waals surface area contributed by atoms with E-state index in [4.69, 9.17) is 0 Å². The maximum absolute atomic E-state index is 13.9. The van der Waals surface area contributed by atoms with Crippen LogP contribution in [0.2, 0.25) is 0 Å². The van der Waals surface area contributed by atoms with Crippen molar-refractivity contribution in [1.29, 1.82) is 0 Å². The summed E-state index contributed by atoms with van der Waals surface area (Å²) in [5.74, 6) is -2.08. The van der Waals surface area contributed by atoms with Gasteiger partial charge in [0.25, 0.3) is 11.8 Å². The van der Waals surface area contributed by atoms with Gasteiger partial charge in [-0.05, 0) is 36.4 Å². The molecule has 4 rings (SSSR count). The molecule has 29 heavy (non-hydrogen) atoms. The normalized spacial score (nSPS) is 20.4. The van der Waals surface area contributed by atoms with E-state index in [9.17, 15) is 23.2 Å². The SMILES string of the molecule is O=C(c1ccccc1F)N1CCN([C@@H]2CC(=O)N(c3ccc(F)cc3)C2=O)CC1. The Labute approximate surface area is 166 Å². The number of carbonyl (C=O) groups is 3. The first-order valence-electron chi connectivity index (χ1n) is 9.36. The van der Waals surface area contributed by atoms with Gasteiger partial charge in [0.15, 0.2) is 0 Å². The first-order valence-corrected chi connectivity index (χ1v) is 9.36. The Morgan fingerprint density at radius 2 is 1.55 bits per heavy atom. The van der Waals surface area contributed by atoms with E-state index in [1.165, 1.54) is 42.5 Å². The third-order valence-electron chi connectivity index (χ3n) is 5.35. The van der Waals surface area contributed by atoms with Crippen LogP contribution in [0.5, 0.6) is 0 Å². The molecular formula is C21H19F2N3O3. The molecule has 0 aromatic heterocycles. The summed E-state index contributed by atoms with van der Waals surface area (Å²) in [6.45, 7) is 1.48. The summed E-state index contributed by atoms with van der Waals surface area (Å²) in [6, 6.07) is 10.4. The maximum atomic E-state index is 13.9. The molecule has 0 aliphatic carbocycles. The van der Waals surface area contributed by atoms with Gasteiger partial charge in [0, 0.05) is 26.2 Å². The van der Waals surface area contributed by atoms with E-state index >= 15 is 0 Å². The fraction of sp³-hybridized carbons (Fsp3) is 0.286.